The molecule has 0 atom stereocenters. The molecule has 6 heteroatoms. The number of amides is 2. The highest BCUT2D eigenvalue weighted by molar-refractivity contribution is 5.89. The van der Waals surface area contributed by atoms with Crippen molar-refractivity contribution in [3.05, 3.63) is 47.1 Å². The SMILES string of the molecule is CN(C(=O)Nc1ccc(-c2cccnc2)oc1=O)C1CCCCC1. The number of pyridine rings is 1. The molecule has 0 unspecified atom stereocenters. The van der Waals surface area contributed by atoms with Crippen LogP contribution in [-0.2, 0) is 0 Å². The first-order valence-corrected chi connectivity index (χ1v) is 8.23. The van der Waals surface area contributed by atoms with Crippen LogP contribution >= 0.6 is 0 Å². The number of nitrogens with one attached hydrogen (secondary N) is 1. The minimum atomic E-state index is -0.568. The average molecular weight is 327 g/mol. The number of urea groups is 1. The second kappa shape index (κ2) is 7.29. The topological polar surface area (TPSA) is 75.4 Å². The lowest BCUT2D eigenvalue weighted by molar-refractivity contribution is 0.186. The van der Waals surface area contributed by atoms with Crippen molar-refractivity contribution in [1.29, 1.82) is 0 Å². The Balaban J connectivity index is 1.71. The molecule has 24 heavy (non-hydrogen) atoms. The van der Waals surface area contributed by atoms with E-state index in [1.807, 2.05) is 0 Å². The van der Waals surface area contributed by atoms with Crippen LogP contribution in [0, 0.1) is 0 Å². The maximum Gasteiger partial charge on any atom is 0.360 e. The number of nitrogens with zero attached hydrogens (tertiary/aromatic N) is 2. The number of aromatic nitrogens is 1. The summed E-state index contributed by atoms with van der Waals surface area (Å²) in [7, 11) is 1.77. The average Bonchev–Trinajstić information content (AvgIpc) is 2.64. The first-order valence-electron chi connectivity index (χ1n) is 8.23. The molecule has 6 nitrogen and oxygen atoms in total. The molecule has 0 radical (unpaired) electrons. The maximum absolute atomic E-state index is 12.3. The first kappa shape index (κ1) is 16.2. The molecule has 2 aromatic heterocycles. The Morgan fingerprint density at radius 3 is 2.71 bits per heavy atom. The third kappa shape index (κ3) is 3.64. The van der Waals surface area contributed by atoms with E-state index in [2.05, 4.69) is 10.3 Å². The zero-order valence-corrected chi connectivity index (χ0v) is 13.7. The van der Waals surface area contributed by atoms with Crippen molar-refractivity contribution in [2.24, 2.45) is 0 Å². The van der Waals surface area contributed by atoms with Crippen LogP contribution in [-0.4, -0.2) is 29.0 Å². The zero-order valence-electron chi connectivity index (χ0n) is 13.7. The van der Waals surface area contributed by atoms with E-state index in [0.29, 0.717) is 11.3 Å². The van der Waals surface area contributed by atoms with Crippen molar-refractivity contribution >= 4 is 11.7 Å². The number of anilines is 1. The summed E-state index contributed by atoms with van der Waals surface area (Å²) in [6.07, 6.45) is 8.81. The van der Waals surface area contributed by atoms with Crippen LogP contribution < -0.4 is 10.9 Å². The van der Waals surface area contributed by atoms with Gasteiger partial charge in [-0.1, -0.05) is 19.3 Å². The fraction of sp³-hybridized carbons (Fsp3) is 0.389. The zero-order chi connectivity index (χ0) is 16.9. The van der Waals surface area contributed by atoms with Gasteiger partial charge < -0.3 is 14.6 Å². The van der Waals surface area contributed by atoms with Gasteiger partial charge in [-0.2, -0.15) is 0 Å². The molecule has 1 fully saturated rings. The molecule has 1 aliphatic carbocycles. The summed E-state index contributed by atoms with van der Waals surface area (Å²) < 4.78 is 5.29. The highest BCUT2D eigenvalue weighted by Gasteiger charge is 2.22. The van der Waals surface area contributed by atoms with Crippen molar-refractivity contribution in [1.82, 2.24) is 9.88 Å². The smallest absolute Gasteiger partial charge is 0.360 e. The second-order valence-corrected chi connectivity index (χ2v) is 6.08. The van der Waals surface area contributed by atoms with Gasteiger partial charge in [0.2, 0.25) is 0 Å². The summed E-state index contributed by atoms with van der Waals surface area (Å²) in [6, 6.07) is 6.77. The van der Waals surface area contributed by atoms with Gasteiger partial charge in [-0.3, -0.25) is 4.98 Å². The van der Waals surface area contributed by atoms with Crippen molar-refractivity contribution in [2.75, 3.05) is 12.4 Å². The molecule has 2 aromatic rings. The summed E-state index contributed by atoms with van der Waals surface area (Å²) in [5, 5.41) is 2.65. The lowest BCUT2D eigenvalue weighted by Crippen LogP contribution is -2.41. The van der Waals surface area contributed by atoms with E-state index in [1.54, 1.807) is 48.6 Å². The highest BCUT2D eigenvalue weighted by atomic mass is 16.4. The van der Waals surface area contributed by atoms with Crippen LogP contribution in [0.4, 0.5) is 10.5 Å². The Bertz CT molecular complexity index is 752. The highest BCUT2D eigenvalue weighted by Crippen LogP contribution is 2.22. The van der Waals surface area contributed by atoms with Crippen molar-refractivity contribution in [3.63, 3.8) is 0 Å². The summed E-state index contributed by atoms with van der Waals surface area (Å²) >= 11 is 0. The van der Waals surface area contributed by atoms with Crippen LogP contribution in [0.25, 0.3) is 11.3 Å². The van der Waals surface area contributed by atoms with Crippen molar-refractivity contribution in [2.45, 2.75) is 38.1 Å². The molecule has 0 saturated heterocycles. The van der Waals surface area contributed by atoms with Crippen LogP contribution in [0.15, 0.2) is 45.9 Å². The monoisotopic (exact) mass is 327 g/mol. The molecule has 2 heterocycles. The molecule has 2 amide bonds. The van der Waals surface area contributed by atoms with E-state index in [0.717, 1.165) is 25.7 Å². The quantitative estimate of drug-likeness (QED) is 0.936. The van der Waals surface area contributed by atoms with Gasteiger partial charge in [0.25, 0.3) is 0 Å². The minimum Gasteiger partial charge on any atom is -0.421 e. The molecule has 0 spiro atoms. The van der Waals surface area contributed by atoms with Gasteiger partial charge in [-0.05, 0) is 37.1 Å². The first-order chi connectivity index (χ1) is 11.6. The van der Waals surface area contributed by atoms with Crippen LogP contribution in [0.2, 0.25) is 0 Å². The molecule has 1 saturated carbocycles. The van der Waals surface area contributed by atoms with E-state index in [-0.39, 0.29) is 17.8 Å². The van der Waals surface area contributed by atoms with E-state index < -0.39 is 5.63 Å². The van der Waals surface area contributed by atoms with Gasteiger partial charge in [0, 0.05) is 31.0 Å². The van der Waals surface area contributed by atoms with Gasteiger partial charge in [-0.15, -0.1) is 0 Å². The van der Waals surface area contributed by atoms with Gasteiger partial charge >= 0.3 is 11.7 Å². The number of rotatable bonds is 3. The molecule has 3 rings (SSSR count). The Labute approximate surface area is 140 Å². The lowest BCUT2D eigenvalue weighted by Gasteiger charge is -2.31. The van der Waals surface area contributed by atoms with Crippen molar-refractivity contribution < 1.29 is 9.21 Å². The third-order valence-electron chi connectivity index (χ3n) is 4.45. The Kier molecular flexibility index (Phi) is 4.93. The molecule has 0 bridgehead atoms. The van der Waals surface area contributed by atoms with Crippen LogP contribution in [0.1, 0.15) is 32.1 Å². The molecule has 0 aromatic carbocycles. The Morgan fingerprint density at radius 1 is 1.25 bits per heavy atom. The van der Waals surface area contributed by atoms with E-state index in [4.69, 9.17) is 4.42 Å². The molecule has 0 aliphatic heterocycles. The lowest BCUT2D eigenvalue weighted by atomic mass is 9.95. The minimum absolute atomic E-state index is 0.148. The standard InChI is InChI=1S/C18H21N3O3/c1-21(14-7-3-2-4-8-14)18(23)20-15-9-10-16(24-17(15)22)13-6-5-11-19-12-13/h5-6,9-12,14H,2-4,7-8H2,1H3,(H,20,23). The van der Waals surface area contributed by atoms with Gasteiger partial charge in [-0.25, -0.2) is 9.59 Å². The summed E-state index contributed by atoms with van der Waals surface area (Å²) in [5.41, 5.74) is 0.295. The van der Waals surface area contributed by atoms with Gasteiger partial charge in [0.15, 0.2) is 0 Å². The second-order valence-electron chi connectivity index (χ2n) is 6.08. The number of carbonyl (C=O) groups is 1. The normalized spacial score (nSPS) is 15.0. The largest absolute Gasteiger partial charge is 0.421 e. The van der Waals surface area contributed by atoms with Crippen LogP contribution in [0.3, 0.4) is 0 Å². The molecule has 126 valence electrons. The fourth-order valence-corrected chi connectivity index (χ4v) is 3.01. The van der Waals surface area contributed by atoms with Crippen molar-refractivity contribution in [3.8, 4) is 11.3 Å². The Hall–Kier alpha value is -2.63. The fourth-order valence-electron chi connectivity index (χ4n) is 3.01. The predicted molar refractivity (Wildman–Crippen MR) is 91.9 cm³/mol. The Morgan fingerprint density at radius 2 is 2.04 bits per heavy atom. The summed E-state index contributed by atoms with van der Waals surface area (Å²) in [4.78, 5) is 30.2. The predicted octanol–water partition coefficient (Wildman–Crippen LogP) is 3.50. The number of hydrogen-bond acceptors (Lipinski definition) is 4. The molecular formula is C18H21N3O3. The summed E-state index contributed by atoms with van der Waals surface area (Å²) in [6.45, 7) is 0. The summed E-state index contributed by atoms with van der Waals surface area (Å²) in [5.74, 6) is 0.423. The van der Waals surface area contributed by atoms with Gasteiger partial charge in [0.1, 0.15) is 11.4 Å². The maximum atomic E-state index is 12.3. The molecular weight excluding hydrogens is 306 g/mol. The molecule has 1 N–H and O–H groups in total. The molecule has 1 aliphatic rings. The third-order valence-corrected chi connectivity index (χ3v) is 4.45. The van der Waals surface area contributed by atoms with Gasteiger partial charge in [0.05, 0.1) is 0 Å². The van der Waals surface area contributed by atoms with E-state index in [9.17, 15) is 9.59 Å². The van der Waals surface area contributed by atoms with E-state index in [1.165, 1.54) is 6.42 Å². The van der Waals surface area contributed by atoms with Crippen LogP contribution in [0.5, 0.6) is 0 Å². The number of carbonyl (C=O) groups excluding carboxylic acids is 1. The van der Waals surface area contributed by atoms with E-state index >= 15 is 0 Å². The number of hydrogen-bond donors (Lipinski definition) is 1.